The van der Waals surface area contributed by atoms with Crippen LogP contribution in [0.2, 0.25) is 0 Å². The number of phenols is 2. The summed E-state index contributed by atoms with van der Waals surface area (Å²) < 4.78 is 0. The lowest BCUT2D eigenvalue weighted by Gasteiger charge is -2.29. The van der Waals surface area contributed by atoms with E-state index in [-0.39, 0.29) is 35.4 Å². The second kappa shape index (κ2) is 6.27. The first-order chi connectivity index (χ1) is 7.71. The number of phenolic OH excluding ortho intramolecular Hbond substituents is 2. The van der Waals surface area contributed by atoms with Gasteiger partial charge >= 0.3 is 0 Å². The van der Waals surface area contributed by atoms with Gasteiger partial charge in [-0.2, -0.15) is 0 Å². The standard InChI is InChI=1S/C13H21NO3.ClH/c1-13(2,3)12(14)7-10(16)8-4-5-9(15)11(17)6-8;/h4-6,10,12,15-17H,7,14H2,1-3H3;1H/t10-,12+;/m0./s1. The van der Waals surface area contributed by atoms with E-state index in [0.717, 1.165) is 0 Å². The van der Waals surface area contributed by atoms with Crippen LogP contribution in [0, 0.1) is 5.41 Å². The highest BCUT2D eigenvalue weighted by atomic mass is 35.5. The van der Waals surface area contributed by atoms with E-state index in [9.17, 15) is 15.3 Å². The summed E-state index contributed by atoms with van der Waals surface area (Å²) in [7, 11) is 0. The second-order valence-corrected chi connectivity index (χ2v) is 5.47. The quantitative estimate of drug-likeness (QED) is 0.638. The summed E-state index contributed by atoms with van der Waals surface area (Å²) >= 11 is 0. The Balaban J connectivity index is 0.00000289. The van der Waals surface area contributed by atoms with Gasteiger partial charge in [0.15, 0.2) is 11.5 Å². The van der Waals surface area contributed by atoms with E-state index in [1.807, 2.05) is 20.8 Å². The van der Waals surface area contributed by atoms with Crippen LogP contribution in [0.5, 0.6) is 11.5 Å². The van der Waals surface area contributed by atoms with Crippen molar-refractivity contribution < 1.29 is 15.3 Å². The highest BCUT2D eigenvalue weighted by Crippen LogP contribution is 2.31. The van der Waals surface area contributed by atoms with Gasteiger partial charge in [-0.3, -0.25) is 0 Å². The van der Waals surface area contributed by atoms with Crippen LogP contribution in [-0.2, 0) is 0 Å². The molecule has 1 rings (SSSR count). The van der Waals surface area contributed by atoms with E-state index in [4.69, 9.17) is 5.73 Å². The Hall–Kier alpha value is -0.970. The summed E-state index contributed by atoms with van der Waals surface area (Å²) in [6.45, 7) is 6.04. The topological polar surface area (TPSA) is 86.7 Å². The Morgan fingerprint density at radius 3 is 2.17 bits per heavy atom. The third-order valence-electron chi connectivity index (χ3n) is 2.97. The van der Waals surface area contributed by atoms with E-state index in [2.05, 4.69) is 0 Å². The molecular formula is C13H22ClNO3. The van der Waals surface area contributed by atoms with Crippen molar-refractivity contribution in [2.75, 3.05) is 0 Å². The molecule has 0 unspecified atom stereocenters. The maximum absolute atomic E-state index is 10.00. The molecule has 0 aliphatic heterocycles. The largest absolute Gasteiger partial charge is 0.504 e. The van der Waals surface area contributed by atoms with Gasteiger partial charge in [-0.15, -0.1) is 12.4 Å². The molecular weight excluding hydrogens is 254 g/mol. The summed E-state index contributed by atoms with van der Waals surface area (Å²) in [5.74, 6) is -0.424. The van der Waals surface area contributed by atoms with Gasteiger partial charge in [0.05, 0.1) is 6.10 Å². The minimum Gasteiger partial charge on any atom is -0.504 e. The fourth-order valence-corrected chi connectivity index (χ4v) is 1.48. The van der Waals surface area contributed by atoms with Gasteiger partial charge < -0.3 is 21.1 Å². The molecule has 0 amide bonds. The average molecular weight is 276 g/mol. The van der Waals surface area contributed by atoms with Crippen molar-refractivity contribution in [3.05, 3.63) is 23.8 Å². The van der Waals surface area contributed by atoms with Crippen molar-refractivity contribution in [1.82, 2.24) is 0 Å². The lowest BCUT2D eigenvalue weighted by atomic mass is 9.83. The van der Waals surface area contributed by atoms with Crippen molar-refractivity contribution in [3.63, 3.8) is 0 Å². The smallest absolute Gasteiger partial charge is 0.157 e. The van der Waals surface area contributed by atoms with Gasteiger partial charge in [0.25, 0.3) is 0 Å². The maximum atomic E-state index is 10.00. The van der Waals surface area contributed by atoms with Gasteiger partial charge in [0, 0.05) is 6.04 Å². The summed E-state index contributed by atoms with van der Waals surface area (Å²) in [5, 5.41) is 28.5. The molecule has 0 heterocycles. The number of benzene rings is 1. The zero-order valence-electron chi connectivity index (χ0n) is 10.9. The van der Waals surface area contributed by atoms with Crippen LogP contribution in [0.3, 0.4) is 0 Å². The van der Waals surface area contributed by atoms with Crippen molar-refractivity contribution in [1.29, 1.82) is 0 Å². The zero-order valence-corrected chi connectivity index (χ0v) is 11.7. The maximum Gasteiger partial charge on any atom is 0.157 e. The number of hydrogen-bond donors (Lipinski definition) is 4. The Labute approximate surface area is 114 Å². The van der Waals surface area contributed by atoms with Crippen molar-refractivity contribution >= 4 is 12.4 Å². The van der Waals surface area contributed by atoms with E-state index in [0.29, 0.717) is 12.0 Å². The van der Waals surface area contributed by atoms with Gasteiger partial charge in [0.1, 0.15) is 0 Å². The highest BCUT2D eigenvalue weighted by Gasteiger charge is 2.24. The van der Waals surface area contributed by atoms with Gasteiger partial charge in [0.2, 0.25) is 0 Å². The third-order valence-corrected chi connectivity index (χ3v) is 2.97. The van der Waals surface area contributed by atoms with E-state index >= 15 is 0 Å². The molecule has 2 atom stereocenters. The average Bonchev–Trinajstić information content (AvgIpc) is 2.20. The van der Waals surface area contributed by atoms with E-state index in [1.165, 1.54) is 12.1 Å². The number of halogens is 1. The molecule has 5 heteroatoms. The predicted molar refractivity (Wildman–Crippen MR) is 74.0 cm³/mol. The molecule has 104 valence electrons. The number of nitrogens with two attached hydrogens (primary N) is 1. The molecule has 4 nitrogen and oxygen atoms in total. The number of hydrogen-bond acceptors (Lipinski definition) is 4. The fraction of sp³-hybridized carbons (Fsp3) is 0.538. The second-order valence-electron chi connectivity index (χ2n) is 5.47. The lowest BCUT2D eigenvalue weighted by molar-refractivity contribution is 0.133. The monoisotopic (exact) mass is 275 g/mol. The minimum atomic E-state index is -0.740. The van der Waals surface area contributed by atoms with Crippen molar-refractivity contribution in [2.24, 2.45) is 11.1 Å². The number of rotatable bonds is 3. The van der Waals surface area contributed by atoms with Gasteiger partial charge in [-0.1, -0.05) is 26.8 Å². The molecule has 5 N–H and O–H groups in total. The Kier molecular flexibility index (Phi) is 5.93. The molecule has 0 aliphatic rings. The SMILES string of the molecule is CC(C)(C)[C@H](N)C[C@H](O)c1ccc(O)c(O)c1.Cl. The third kappa shape index (κ3) is 4.37. The Morgan fingerprint density at radius 1 is 1.17 bits per heavy atom. The van der Waals surface area contributed by atoms with Crippen LogP contribution < -0.4 is 5.73 Å². The van der Waals surface area contributed by atoms with Gasteiger partial charge in [-0.05, 0) is 29.5 Å². The molecule has 0 aliphatic carbocycles. The molecule has 0 saturated carbocycles. The normalized spacial score (nSPS) is 14.7. The molecule has 1 aromatic rings. The Bertz CT molecular complexity index is 390. The van der Waals surface area contributed by atoms with Crippen LogP contribution in [0.15, 0.2) is 18.2 Å². The summed E-state index contributed by atoms with van der Waals surface area (Å²) in [6.07, 6.45) is -0.330. The Morgan fingerprint density at radius 2 is 1.72 bits per heavy atom. The van der Waals surface area contributed by atoms with Gasteiger partial charge in [-0.25, -0.2) is 0 Å². The molecule has 0 saturated heterocycles. The molecule has 0 fully saturated rings. The van der Waals surface area contributed by atoms with Crippen molar-refractivity contribution in [3.8, 4) is 11.5 Å². The van der Waals surface area contributed by atoms with Crippen LogP contribution >= 0.6 is 12.4 Å². The molecule has 18 heavy (non-hydrogen) atoms. The lowest BCUT2D eigenvalue weighted by Crippen LogP contribution is -2.36. The van der Waals surface area contributed by atoms with Crippen molar-refractivity contribution in [2.45, 2.75) is 39.3 Å². The summed E-state index contributed by atoms with van der Waals surface area (Å²) in [6, 6.07) is 4.15. The number of aliphatic hydroxyl groups is 1. The first-order valence-corrected chi connectivity index (χ1v) is 5.67. The molecule has 0 spiro atoms. The first-order valence-electron chi connectivity index (χ1n) is 5.67. The number of aromatic hydroxyl groups is 2. The molecule has 0 bridgehead atoms. The molecule has 0 radical (unpaired) electrons. The fourth-order valence-electron chi connectivity index (χ4n) is 1.48. The van der Waals surface area contributed by atoms with Crippen LogP contribution in [0.25, 0.3) is 0 Å². The van der Waals surface area contributed by atoms with E-state index in [1.54, 1.807) is 6.07 Å². The minimum absolute atomic E-state index is 0. The predicted octanol–water partition coefficient (Wildman–Crippen LogP) is 2.32. The molecule has 1 aromatic carbocycles. The molecule has 0 aromatic heterocycles. The van der Waals surface area contributed by atoms with Crippen LogP contribution in [-0.4, -0.2) is 21.4 Å². The highest BCUT2D eigenvalue weighted by molar-refractivity contribution is 5.85. The van der Waals surface area contributed by atoms with Crippen LogP contribution in [0.4, 0.5) is 0 Å². The summed E-state index contributed by atoms with van der Waals surface area (Å²) in [5.41, 5.74) is 6.46. The van der Waals surface area contributed by atoms with E-state index < -0.39 is 6.10 Å². The zero-order chi connectivity index (χ0) is 13.2. The van der Waals surface area contributed by atoms with Crippen LogP contribution in [0.1, 0.15) is 38.9 Å². The number of aliphatic hydroxyl groups excluding tert-OH is 1. The summed E-state index contributed by atoms with van der Waals surface area (Å²) in [4.78, 5) is 0. The first kappa shape index (κ1) is 17.0.